The predicted molar refractivity (Wildman–Crippen MR) is 106 cm³/mol. The SMILES string of the molecule is CCOC(=O)c1cnc2ccc(F)cc2c1N1CCOC(C)(c2cnn(C)c2)C1. The number of morpholine rings is 1. The highest BCUT2D eigenvalue weighted by atomic mass is 19.1. The second-order valence-corrected chi connectivity index (χ2v) is 7.31. The number of halogens is 1. The summed E-state index contributed by atoms with van der Waals surface area (Å²) in [6.07, 6.45) is 5.20. The zero-order valence-corrected chi connectivity index (χ0v) is 16.7. The Morgan fingerprint density at radius 1 is 1.38 bits per heavy atom. The first-order valence-electron chi connectivity index (χ1n) is 9.54. The minimum absolute atomic E-state index is 0.246. The second kappa shape index (κ2) is 7.44. The number of esters is 1. The van der Waals surface area contributed by atoms with E-state index in [2.05, 4.69) is 10.1 Å². The number of benzene rings is 1. The number of carbonyl (C=O) groups is 1. The van der Waals surface area contributed by atoms with Crippen LogP contribution in [0.1, 0.15) is 29.8 Å². The van der Waals surface area contributed by atoms with Crippen molar-refractivity contribution in [1.29, 1.82) is 0 Å². The van der Waals surface area contributed by atoms with E-state index in [1.165, 1.54) is 18.3 Å². The van der Waals surface area contributed by atoms with Gasteiger partial charge in [-0.15, -0.1) is 0 Å². The first-order valence-corrected chi connectivity index (χ1v) is 9.54. The van der Waals surface area contributed by atoms with Crippen molar-refractivity contribution in [2.45, 2.75) is 19.4 Å². The summed E-state index contributed by atoms with van der Waals surface area (Å²) >= 11 is 0. The molecule has 4 rings (SSSR count). The van der Waals surface area contributed by atoms with Gasteiger partial charge in [-0.25, -0.2) is 9.18 Å². The minimum Gasteiger partial charge on any atom is -0.462 e. The van der Waals surface area contributed by atoms with Crippen LogP contribution in [0.25, 0.3) is 10.9 Å². The van der Waals surface area contributed by atoms with E-state index in [1.807, 2.05) is 25.1 Å². The summed E-state index contributed by atoms with van der Waals surface area (Å²) in [6.45, 7) is 5.46. The number of anilines is 1. The first-order chi connectivity index (χ1) is 13.9. The molecule has 0 saturated carbocycles. The second-order valence-electron chi connectivity index (χ2n) is 7.31. The maximum absolute atomic E-state index is 14.1. The summed E-state index contributed by atoms with van der Waals surface area (Å²) in [7, 11) is 1.85. The standard InChI is InChI=1S/C21H23FN4O3/c1-4-28-20(27)17-11-23-18-6-5-15(22)9-16(18)19(17)26-7-8-29-21(2,13-26)14-10-24-25(3)12-14/h5-6,9-12H,4,7-8,13H2,1-3H3. The van der Waals surface area contributed by atoms with E-state index in [9.17, 15) is 9.18 Å². The maximum Gasteiger partial charge on any atom is 0.341 e. The molecular formula is C21H23FN4O3. The fraction of sp³-hybridized carbons (Fsp3) is 0.381. The van der Waals surface area contributed by atoms with Crippen molar-refractivity contribution in [3.63, 3.8) is 0 Å². The summed E-state index contributed by atoms with van der Waals surface area (Å²) in [5.41, 5.74) is 1.86. The Morgan fingerprint density at radius 3 is 2.93 bits per heavy atom. The number of fused-ring (bicyclic) bond motifs is 1. The fourth-order valence-corrected chi connectivity index (χ4v) is 3.78. The molecule has 29 heavy (non-hydrogen) atoms. The van der Waals surface area contributed by atoms with Crippen LogP contribution in [0.3, 0.4) is 0 Å². The predicted octanol–water partition coefficient (Wildman–Crippen LogP) is 3.04. The van der Waals surface area contributed by atoms with Crippen LogP contribution in [0.5, 0.6) is 0 Å². The summed E-state index contributed by atoms with van der Waals surface area (Å²) in [5, 5.41) is 4.83. The van der Waals surface area contributed by atoms with E-state index in [1.54, 1.807) is 23.9 Å². The number of aryl methyl sites for hydroxylation is 1. The molecule has 1 unspecified atom stereocenters. The number of ether oxygens (including phenoxy) is 2. The van der Waals surface area contributed by atoms with Gasteiger partial charge in [-0.05, 0) is 32.0 Å². The highest BCUT2D eigenvalue weighted by molar-refractivity contribution is 6.05. The van der Waals surface area contributed by atoms with Crippen LogP contribution in [0.15, 0.2) is 36.8 Å². The summed E-state index contributed by atoms with van der Waals surface area (Å²) in [6, 6.07) is 4.39. The average Bonchev–Trinajstić information content (AvgIpc) is 3.14. The fourth-order valence-electron chi connectivity index (χ4n) is 3.78. The zero-order valence-electron chi connectivity index (χ0n) is 16.7. The van der Waals surface area contributed by atoms with Gasteiger partial charge >= 0.3 is 5.97 Å². The van der Waals surface area contributed by atoms with Crippen molar-refractivity contribution in [3.8, 4) is 0 Å². The van der Waals surface area contributed by atoms with Gasteiger partial charge in [0, 0.05) is 36.9 Å². The molecule has 0 amide bonds. The molecular weight excluding hydrogens is 375 g/mol. The Balaban J connectivity index is 1.83. The number of carbonyl (C=O) groups excluding carboxylic acids is 1. The van der Waals surface area contributed by atoms with Crippen LogP contribution in [0.2, 0.25) is 0 Å². The molecule has 1 aliphatic heterocycles. The lowest BCUT2D eigenvalue weighted by molar-refractivity contribution is -0.0466. The lowest BCUT2D eigenvalue weighted by Crippen LogP contribution is -2.48. The third kappa shape index (κ3) is 3.55. The van der Waals surface area contributed by atoms with Gasteiger partial charge in [-0.1, -0.05) is 0 Å². The van der Waals surface area contributed by atoms with E-state index < -0.39 is 11.6 Å². The molecule has 1 atom stereocenters. The van der Waals surface area contributed by atoms with Crippen LogP contribution in [-0.4, -0.2) is 47.0 Å². The molecule has 0 bridgehead atoms. The molecule has 7 nitrogen and oxygen atoms in total. The van der Waals surface area contributed by atoms with E-state index in [4.69, 9.17) is 9.47 Å². The zero-order chi connectivity index (χ0) is 20.6. The van der Waals surface area contributed by atoms with Crippen molar-refractivity contribution in [1.82, 2.24) is 14.8 Å². The van der Waals surface area contributed by atoms with Crippen LogP contribution in [0.4, 0.5) is 10.1 Å². The van der Waals surface area contributed by atoms with Crippen molar-refractivity contribution in [3.05, 3.63) is 53.7 Å². The van der Waals surface area contributed by atoms with Gasteiger partial charge in [-0.3, -0.25) is 9.67 Å². The van der Waals surface area contributed by atoms with Crippen LogP contribution < -0.4 is 4.90 Å². The molecule has 0 radical (unpaired) electrons. The smallest absolute Gasteiger partial charge is 0.341 e. The molecule has 152 valence electrons. The number of aromatic nitrogens is 3. The molecule has 1 aliphatic rings. The van der Waals surface area contributed by atoms with Crippen molar-refractivity contribution in [2.75, 3.05) is 31.2 Å². The largest absolute Gasteiger partial charge is 0.462 e. The van der Waals surface area contributed by atoms with E-state index in [-0.39, 0.29) is 12.4 Å². The molecule has 0 aliphatic carbocycles. The van der Waals surface area contributed by atoms with Crippen LogP contribution in [-0.2, 0) is 22.1 Å². The van der Waals surface area contributed by atoms with Gasteiger partial charge < -0.3 is 14.4 Å². The summed E-state index contributed by atoms with van der Waals surface area (Å²) in [5.74, 6) is -0.861. The molecule has 1 fully saturated rings. The van der Waals surface area contributed by atoms with Gasteiger partial charge in [-0.2, -0.15) is 5.10 Å². The number of nitrogens with zero attached hydrogens (tertiary/aromatic N) is 4. The minimum atomic E-state index is -0.624. The molecule has 1 aromatic carbocycles. The van der Waals surface area contributed by atoms with Gasteiger partial charge in [0.2, 0.25) is 0 Å². The van der Waals surface area contributed by atoms with Gasteiger partial charge in [0.25, 0.3) is 0 Å². The van der Waals surface area contributed by atoms with Crippen molar-refractivity contribution >= 4 is 22.6 Å². The van der Waals surface area contributed by atoms with Crippen LogP contribution >= 0.6 is 0 Å². The Kier molecular flexibility index (Phi) is 4.96. The Bertz CT molecular complexity index is 1070. The molecule has 8 heteroatoms. The summed E-state index contributed by atoms with van der Waals surface area (Å²) in [4.78, 5) is 19.0. The topological polar surface area (TPSA) is 69.5 Å². The Labute approximate surface area is 168 Å². The normalized spacial score (nSPS) is 19.5. The summed E-state index contributed by atoms with van der Waals surface area (Å²) < 4.78 is 27.1. The van der Waals surface area contributed by atoms with Gasteiger partial charge in [0.1, 0.15) is 17.0 Å². The van der Waals surface area contributed by atoms with Crippen molar-refractivity contribution in [2.24, 2.45) is 7.05 Å². The third-order valence-electron chi connectivity index (χ3n) is 5.20. The lowest BCUT2D eigenvalue weighted by Gasteiger charge is -2.42. The molecule has 3 heterocycles. The van der Waals surface area contributed by atoms with E-state index in [0.717, 1.165) is 5.56 Å². The lowest BCUT2D eigenvalue weighted by atomic mass is 9.95. The van der Waals surface area contributed by atoms with E-state index >= 15 is 0 Å². The molecule has 0 N–H and O–H groups in total. The Hall–Kier alpha value is -3.00. The van der Waals surface area contributed by atoms with E-state index in [0.29, 0.717) is 41.9 Å². The van der Waals surface area contributed by atoms with Crippen molar-refractivity contribution < 1.29 is 18.7 Å². The quantitative estimate of drug-likeness (QED) is 0.629. The first kappa shape index (κ1) is 19.3. The monoisotopic (exact) mass is 398 g/mol. The van der Waals surface area contributed by atoms with Gasteiger partial charge in [0.15, 0.2) is 0 Å². The average molecular weight is 398 g/mol. The molecule has 2 aromatic heterocycles. The maximum atomic E-state index is 14.1. The Morgan fingerprint density at radius 2 is 2.21 bits per heavy atom. The van der Waals surface area contributed by atoms with Crippen LogP contribution in [0, 0.1) is 5.82 Å². The third-order valence-corrected chi connectivity index (χ3v) is 5.20. The number of pyridine rings is 1. The molecule has 0 spiro atoms. The highest BCUT2D eigenvalue weighted by Crippen LogP contribution is 2.36. The number of hydrogen-bond acceptors (Lipinski definition) is 6. The molecule has 1 saturated heterocycles. The number of rotatable bonds is 4. The highest BCUT2D eigenvalue weighted by Gasteiger charge is 2.37. The van der Waals surface area contributed by atoms with Gasteiger partial charge in [0.05, 0.1) is 37.2 Å². The number of hydrogen-bond donors (Lipinski definition) is 0. The molecule has 3 aromatic rings.